The molecule has 0 saturated carbocycles. The minimum atomic E-state index is -0.713. The van der Waals surface area contributed by atoms with Gasteiger partial charge in [-0.2, -0.15) is 0 Å². The Bertz CT molecular complexity index is 531. The first kappa shape index (κ1) is 13.7. The van der Waals surface area contributed by atoms with Gasteiger partial charge in [-0.05, 0) is 6.42 Å². The van der Waals surface area contributed by atoms with Gasteiger partial charge in [0.2, 0.25) is 0 Å². The van der Waals surface area contributed by atoms with Crippen molar-refractivity contribution in [2.75, 3.05) is 17.2 Å². The van der Waals surface area contributed by atoms with Crippen molar-refractivity contribution >= 4 is 23.0 Å². The van der Waals surface area contributed by atoms with Crippen LogP contribution in [-0.4, -0.2) is 16.5 Å². The molecule has 0 aliphatic rings. The van der Waals surface area contributed by atoms with E-state index < -0.39 is 11.6 Å². The van der Waals surface area contributed by atoms with Crippen molar-refractivity contribution in [1.82, 2.24) is 9.97 Å². The molecule has 0 fully saturated rings. The van der Waals surface area contributed by atoms with Gasteiger partial charge in [-0.15, -0.1) is 11.3 Å². The number of pyridine rings is 1. The minimum absolute atomic E-state index is 0.0213. The van der Waals surface area contributed by atoms with Crippen LogP contribution in [0.3, 0.4) is 0 Å². The number of aromatic nitrogens is 2. The number of halogens is 2. The fraction of sp³-hybridized carbons (Fsp3) is 0.333. The normalized spacial score (nSPS) is 10.5. The van der Waals surface area contributed by atoms with E-state index in [1.807, 2.05) is 12.3 Å². The third-order valence-electron chi connectivity index (χ3n) is 2.39. The van der Waals surface area contributed by atoms with E-state index in [9.17, 15) is 8.78 Å². The van der Waals surface area contributed by atoms with Crippen molar-refractivity contribution in [1.29, 1.82) is 0 Å². The van der Waals surface area contributed by atoms with E-state index in [1.54, 1.807) is 5.51 Å². The molecule has 4 nitrogen and oxygen atoms in total. The lowest BCUT2D eigenvalue weighted by Crippen LogP contribution is -2.09. The molecule has 0 radical (unpaired) electrons. The zero-order valence-corrected chi connectivity index (χ0v) is 11.2. The number of anilines is 2. The molecule has 0 bridgehead atoms. The first-order valence-corrected chi connectivity index (χ1v) is 6.85. The van der Waals surface area contributed by atoms with Gasteiger partial charge in [-0.25, -0.2) is 18.7 Å². The number of thiazole rings is 1. The second-order valence-corrected chi connectivity index (χ2v) is 4.63. The van der Waals surface area contributed by atoms with Gasteiger partial charge < -0.3 is 10.6 Å². The molecule has 2 N–H and O–H groups in total. The highest BCUT2D eigenvalue weighted by Crippen LogP contribution is 2.19. The van der Waals surface area contributed by atoms with Gasteiger partial charge in [0.05, 0.1) is 17.7 Å². The number of hydrogen-bond acceptors (Lipinski definition) is 5. The summed E-state index contributed by atoms with van der Waals surface area (Å²) < 4.78 is 27.0. The molecule has 102 valence electrons. The molecule has 0 unspecified atom stereocenters. The highest BCUT2D eigenvalue weighted by Gasteiger charge is 2.11. The molecule has 0 amide bonds. The zero-order chi connectivity index (χ0) is 13.7. The number of rotatable bonds is 6. The number of nitrogens with zero attached hydrogens (tertiary/aromatic N) is 2. The Morgan fingerprint density at radius 1 is 1.21 bits per heavy atom. The van der Waals surface area contributed by atoms with Gasteiger partial charge in [0.1, 0.15) is 0 Å². The lowest BCUT2D eigenvalue weighted by molar-refractivity contribution is 0.577. The van der Waals surface area contributed by atoms with Crippen molar-refractivity contribution < 1.29 is 8.78 Å². The number of nitrogens with one attached hydrogen (secondary N) is 2. The molecule has 2 heterocycles. The van der Waals surface area contributed by atoms with Gasteiger partial charge in [0.25, 0.3) is 0 Å². The Morgan fingerprint density at radius 3 is 2.58 bits per heavy atom. The van der Waals surface area contributed by atoms with Gasteiger partial charge in [-0.3, -0.25) is 0 Å². The smallest absolute Gasteiger partial charge is 0.168 e. The fourth-order valence-electron chi connectivity index (χ4n) is 1.46. The first-order chi connectivity index (χ1) is 9.20. The van der Waals surface area contributed by atoms with E-state index in [0.717, 1.165) is 18.2 Å². The molecule has 0 atom stereocenters. The van der Waals surface area contributed by atoms with Gasteiger partial charge >= 0.3 is 0 Å². The quantitative estimate of drug-likeness (QED) is 0.855. The Morgan fingerprint density at radius 2 is 1.95 bits per heavy atom. The summed E-state index contributed by atoms with van der Waals surface area (Å²) in [6.07, 6.45) is 0.833. The average molecular weight is 284 g/mol. The Kier molecular flexibility index (Phi) is 4.62. The van der Waals surface area contributed by atoms with E-state index in [-0.39, 0.29) is 11.6 Å². The zero-order valence-electron chi connectivity index (χ0n) is 10.4. The standard InChI is InChI=1S/C12H14F2N4S/c1-2-3-15-11-9(13)4-10(14)12(18-11)16-5-8-6-19-7-17-8/h4,6-7H,2-3,5H2,1H3,(H2,15,16,18). The van der Waals surface area contributed by atoms with E-state index >= 15 is 0 Å². The predicted molar refractivity (Wildman–Crippen MR) is 72.4 cm³/mol. The number of hydrogen-bond donors (Lipinski definition) is 2. The predicted octanol–water partition coefficient (Wildman–Crippen LogP) is 3.25. The monoisotopic (exact) mass is 284 g/mol. The average Bonchev–Trinajstić information content (AvgIpc) is 2.90. The van der Waals surface area contributed by atoms with E-state index in [4.69, 9.17) is 0 Å². The molecular formula is C12H14F2N4S. The third kappa shape index (κ3) is 3.60. The molecule has 0 saturated heterocycles. The maximum Gasteiger partial charge on any atom is 0.168 e. The first-order valence-electron chi connectivity index (χ1n) is 5.91. The van der Waals surface area contributed by atoms with Crippen molar-refractivity contribution in [2.24, 2.45) is 0 Å². The van der Waals surface area contributed by atoms with Crippen molar-refractivity contribution in [3.63, 3.8) is 0 Å². The van der Waals surface area contributed by atoms with Crippen LogP contribution >= 0.6 is 11.3 Å². The highest BCUT2D eigenvalue weighted by molar-refractivity contribution is 7.07. The minimum Gasteiger partial charge on any atom is -0.368 e. The Labute approximate surface area is 113 Å². The lowest BCUT2D eigenvalue weighted by atomic mass is 10.3. The highest BCUT2D eigenvalue weighted by atomic mass is 32.1. The van der Waals surface area contributed by atoms with Crippen molar-refractivity contribution in [3.8, 4) is 0 Å². The molecular weight excluding hydrogens is 270 g/mol. The van der Waals surface area contributed by atoms with Crippen molar-refractivity contribution in [3.05, 3.63) is 34.3 Å². The lowest BCUT2D eigenvalue weighted by Gasteiger charge is -2.10. The van der Waals surface area contributed by atoms with Crippen LogP contribution in [0.2, 0.25) is 0 Å². The summed E-state index contributed by atoms with van der Waals surface area (Å²) in [4.78, 5) is 7.98. The third-order valence-corrected chi connectivity index (χ3v) is 3.03. The molecule has 2 aromatic heterocycles. The maximum atomic E-state index is 13.6. The molecule has 0 aliphatic carbocycles. The second kappa shape index (κ2) is 6.42. The molecule has 2 rings (SSSR count). The molecule has 2 aromatic rings. The SMILES string of the molecule is CCCNc1nc(NCc2cscn2)c(F)cc1F. The summed E-state index contributed by atoms with van der Waals surface area (Å²) in [5, 5.41) is 7.48. The topological polar surface area (TPSA) is 49.8 Å². The summed E-state index contributed by atoms with van der Waals surface area (Å²) in [5.41, 5.74) is 2.48. The van der Waals surface area contributed by atoms with Crippen LogP contribution in [0, 0.1) is 11.6 Å². The Hall–Kier alpha value is -1.76. The molecule has 0 aromatic carbocycles. The van der Waals surface area contributed by atoms with Gasteiger partial charge in [-0.1, -0.05) is 6.92 Å². The molecule has 0 aliphatic heterocycles. The fourth-order valence-corrected chi connectivity index (χ4v) is 2.02. The summed E-state index contributed by atoms with van der Waals surface area (Å²) in [5.74, 6) is -1.32. The summed E-state index contributed by atoms with van der Waals surface area (Å²) in [7, 11) is 0. The molecule has 19 heavy (non-hydrogen) atoms. The van der Waals surface area contributed by atoms with Crippen LogP contribution in [0.1, 0.15) is 19.0 Å². The molecule has 7 heteroatoms. The second-order valence-electron chi connectivity index (χ2n) is 3.91. The summed E-state index contributed by atoms with van der Waals surface area (Å²) >= 11 is 1.46. The molecule has 0 spiro atoms. The summed E-state index contributed by atoms with van der Waals surface area (Å²) in [6, 6.07) is 0.828. The Balaban J connectivity index is 2.10. The van der Waals surface area contributed by atoms with Crippen LogP contribution in [0.15, 0.2) is 17.0 Å². The summed E-state index contributed by atoms with van der Waals surface area (Å²) in [6.45, 7) is 2.89. The van der Waals surface area contributed by atoms with E-state index in [1.165, 1.54) is 11.3 Å². The van der Waals surface area contributed by atoms with Gasteiger partial charge in [0.15, 0.2) is 23.3 Å². The van der Waals surface area contributed by atoms with Gasteiger partial charge in [0, 0.05) is 18.0 Å². The van der Waals surface area contributed by atoms with Crippen LogP contribution < -0.4 is 10.6 Å². The van der Waals surface area contributed by atoms with E-state index in [0.29, 0.717) is 13.1 Å². The van der Waals surface area contributed by atoms with Crippen LogP contribution in [0.25, 0.3) is 0 Å². The van der Waals surface area contributed by atoms with Crippen LogP contribution in [0.4, 0.5) is 20.4 Å². The van der Waals surface area contributed by atoms with Crippen LogP contribution in [-0.2, 0) is 6.54 Å². The maximum absolute atomic E-state index is 13.6. The van der Waals surface area contributed by atoms with Crippen molar-refractivity contribution in [2.45, 2.75) is 19.9 Å². The largest absolute Gasteiger partial charge is 0.368 e. The van der Waals surface area contributed by atoms with E-state index in [2.05, 4.69) is 20.6 Å². The van der Waals surface area contributed by atoms with Crippen LogP contribution in [0.5, 0.6) is 0 Å².